The summed E-state index contributed by atoms with van der Waals surface area (Å²) < 4.78 is 53.7. The van der Waals surface area contributed by atoms with E-state index in [1.807, 2.05) is 0 Å². The second kappa shape index (κ2) is 5.33. The van der Waals surface area contributed by atoms with Gasteiger partial charge in [-0.3, -0.25) is 4.72 Å². The normalized spacial score (nSPS) is 11.8. The molecular formula is C13H8BrF2N3O2S. The summed E-state index contributed by atoms with van der Waals surface area (Å²) in [4.78, 5) is 6.77. The fourth-order valence-electron chi connectivity index (χ4n) is 2.00. The Morgan fingerprint density at radius 3 is 2.50 bits per heavy atom. The van der Waals surface area contributed by atoms with Crippen molar-refractivity contribution in [1.82, 2.24) is 9.97 Å². The minimum atomic E-state index is -4.01. The maximum atomic E-state index is 13.1. The van der Waals surface area contributed by atoms with Crippen LogP contribution in [-0.4, -0.2) is 18.4 Å². The molecule has 0 saturated carbocycles. The highest BCUT2D eigenvalue weighted by Gasteiger charge is 2.20. The van der Waals surface area contributed by atoms with Crippen LogP contribution in [0.4, 0.5) is 14.5 Å². The Labute approximate surface area is 132 Å². The Morgan fingerprint density at radius 1 is 1.14 bits per heavy atom. The van der Waals surface area contributed by atoms with Crippen LogP contribution < -0.4 is 4.72 Å². The van der Waals surface area contributed by atoms with Gasteiger partial charge in [-0.15, -0.1) is 0 Å². The van der Waals surface area contributed by atoms with Gasteiger partial charge in [0.05, 0.1) is 5.69 Å². The van der Waals surface area contributed by atoms with E-state index >= 15 is 0 Å². The van der Waals surface area contributed by atoms with Crippen LogP contribution in [0.1, 0.15) is 0 Å². The molecule has 3 rings (SSSR count). The molecule has 0 aliphatic heterocycles. The second-order valence-electron chi connectivity index (χ2n) is 4.45. The molecule has 0 fully saturated rings. The molecule has 0 saturated heterocycles. The highest BCUT2D eigenvalue weighted by molar-refractivity contribution is 9.10. The van der Waals surface area contributed by atoms with Gasteiger partial charge in [-0.2, -0.15) is 0 Å². The van der Waals surface area contributed by atoms with E-state index in [9.17, 15) is 17.2 Å². The number of fused-ring (bicyclic) bond motifs is 1. The average Bonchev–Trinajstić information content (AvgIpc) is 2.80. The molecule has 3 aromatic rings. The van der Waals surface area contributed by atoms with Crippen molar-refractivity contribution < 1.29 is 17.2 Å². The summed E-state index contributed by atoms with van der Waals surface area (Å²) >= 11 is 3.18. The van der Waals surface area contributed by atoms with E-state index in [4.69, 9.17) is 0 Å². The Morgan fingerprint density at radius 2 is 1.82 bits per heavy atom. The topological polar surface area (TPSA) is 74.8 Å². The van der Waals surface area contributed by atoms with E-state index in [0.29, 0.717) is 21.7 Å². The van der Waals surface area contributed by atoms with Gasteiger partial charge in [-0.1, -0.05) is 0 Å². The van der Waals surface area contributed by atoms with E-state index in [0.717, 1.165) is 12.1 Å². The van der Waals surface area contributed by atoms with Crippen molar-refractivity contribution in [3.05, 3.63) is 52.8 Å². The predicted molar refractivity (Wildman–Crippen MR) is 81.0 cm³/mol. The van der Waals surface area contributed by atoms with Gasteiger partial charge in [0.25, 0.3) is 10.0 Å². The lowest BCUT2D eigenvalue weighted by Gasteiger charge is -2.07. The van der Waals surface area contributed by atoms with E-state index in [-0.39, 0.29) is 10.6 Å². The van der Waals surface area contributed by atoms with Crippen molar-refractivity contribution in [3.63, 3.8) is 0 Å². The molecule has 0 spiro atoms. The van der Waals surface area contributed by atoms with Crippen molar-refractivity contribution in [1.29, 1.82) is 0 Å². The zero-order valence-electron chi connectivity index (χ0n) is 10.8. The van der Waals surface area contributed by atoms with Gasteiger partial charge in [0.1, 0.15) is 26.8 Å². The van der Waals surface area contributed by atoms with Crippen molar-refractivity contribution >= 4 is 42.7 Å². The first-order valence-electron chi connectivity index (χ1n) is 5.98. The van der Waals surface area contributed by atoms with Crippen molar-refractivity contribution in [2.24, 2.45) is 0 Å². The molecule has 9 heteroatoms. The molecule has 0 bridgehead atoms. The number of anilines is 1. The third-order valence-electron chi connectivity index (χ3n) is 2.87. The quantitative estimate of drug-likeness (QED) is 0.676. The molecule has 2 heterocycles. The molecule has 0 unspecified atom stereocenters. The molecule has 5 nitrogen and oxygen atoms in total. The number of halogens is 3. The first-order chi connectivity index (χ1) is 10.3. The first kappa shape index (κ1) is 14.9. The van der Waals surface area contributed by atoms with Crippen LogP contribution in [0, 0.1) is 11.6 Å². The molecule has 0 atom stereocenters. The third-order valence-corrected chi connectivity index (χ3v) is 4.73. The van der Waals surface area contributed by atoms with Crippen molar-refractivity contribution in [3.8, 4) is 0 Å². The van der Waals surface area contributed by atoms with Crippen LogP contribution in [0.15, 0.2) is 46.0 Å². The molecule has 0 amide bonds. The van der Waals surface area contributed by atoms with E-state index in [1.54, 1.807) is 12.1 Å². The Balaban J connectivity index is 2.04. The zero-order chi connectivity index (χ0) is 15.9. The average molecular weight is 388 g/mol. The largest absolute Gasteiger partial charge is 0.345 e. The maximum absolute atomic E-state index is 13.1. The van der Waals surface area contributed by atoms with Gasteiger partial charge in [0, 0.05) is 17.6 Å². The predicted octanol–water partition coefficient (Wildman–Crippen LogP) is 3.40. The van der Waals surface area contributed by atoms with E-state index < -0.39 is 21.7 Å². The van der Waals surface area contributed by atoms with Crippen molar-refractivity contribution in [2.45, 2.75) is 4.90 Å². The number of nitrogens with one attached hydrogen (secondary N) is 2. The first-order valence-corrected chi connectivity index (χ1v) is 8.25. The van der Waals surface area contributed by atoms with Gasteiger partial charge >= 0.3 is 0 Å². The number of hydrogen-bond donors (Lipinski definition) is 2. The molecule has 22 heavy (non-hydrogen) atoms. The number of rotatable bonds is 3. The molecule has 114 valence electrons. The molecule has 0 aliphatic rings. The number of hydrogen-bond acceptors (Lipinski definition) is 3. The summed E-state index contributed by atoms with van der Waals surface area (Å²) in [6, 6.07) is 5.61. The molecule has 1 aromatic carbocycles. The summed E-state index contributed by atoms with van der Waals surface area (Å²) in [5.41, 5.74) is 0.178. The molecular weight excluding hydrogens is 380 g/mol. The summed E-state index contributed by atoms with van der Waals surface area (Å²) in [6.07, 6.45) is 1.27. The summed E-state index contributed by atoms with van der Waals surface area (Å²) in [5, 5.41) is 0.368. The minimum Gasteiger partial charge on any atom is -0.345 e. The second-order valence-corrected chi connectivity index (χ2v) is 6.91. The highest BCUT2D eigenvalue weighted by atomic mass is 79.9. The summed E-state index contributed by atoms with van der Waals surface area (Å²) in [6.45, 7) is 0. The smallest absolute Gasteiger partial charge is 0.264 e. The van der Waals surface area contributed by atoms with Crippen LogP contribution >= 0.6 is 15.9 Å². The lowest BCUT2D eigenvalue weighted by atomic mass is 10.3. The standard InChI is InChI=1S/C13H8BrF2N3O2S/c14-12-2-1-10-11(6-17-13(10)18-12)22(20,21)19-9-4-7(15)3-8(16)5-9/h1-6,19H,(H,17,18). The lowest BCUT2D eigenvalue weighted by molar-refractivity contribution is 0.584. The number of pyridine rings is 1. The number of benzene rings is 1. The van der Waals surface area contributed by atoms with Gasteiger partial charge in [-0.05, 0) is 40.2 Å². The van der Waals surface area contributed by atoms with Gasteiger partial charge < -0.3 is 4.98 Å². The Hall–Kier alpha value is -2.00. The zero-order valence-corrected chi connectivity index (χ0v) is 13.2. The highest BCUT2D eigenvalue weighted by Crippen LogP contribution is 2.25. The Bertz CT molecular complexity index is 952. The van der Waals surface area contributed by atoms with E-state index in [1.165, 1.54) is 6.20 Å². The minimum absolute atomic E-state index is 0.0628. The number of sulfonamides is 1. The number of aromatic amines is 1. The van der Waals surface area contributed by atoms with Crippen LogP contribution in [0.3, 0.4) is 0 Å². The molecule has 2 N–H and O–H groups in total. The number of H-pyrrole nitrogens is 1. The summed E-state index contributed by atoms with van der Waals surface area (Å²) in [5.74, 6) is -1.75. The number of nitrogens with zero attached hydrogens (tertiary/aromatic N) is 1. The fraction of sp³-hybridized carbons (Fsp3) is 0. The molecule has 2 aromatic heterocycles. The van der Waals surface area contributed by atoms with Crippen LogP contribution in [0.2, 0.25) is 0 Å². The number of aromatic nitrogens is 2. The van der Waals surface area contributed by atoms with Crippen molar-refractivity contribution in [2.75, 3.05) is 4.72 Å². The molecule has 0 radical (unpaired) electrons. The van der Waals surface area contributed by atoms with Crippen LogP contribution in [0.5, 0.6) is 0 Å². The van der Waals surface area contributed by atoms with Crippen LogP contribution in [0.25, 0.3) is 11.0 Å². The monoisotopic (exact) mass is 387 g/mol. The SMILES string of the molecule is O=S(=O)(Nc1cc(F)cc(F)c1)c1c[nH]c2nc(Br)ccc12. The maximum Gasteiger partial charge on any atom is 0.264 e. The van der Waals surface area contributed by atoms with E-state index in [2.05, 4.69) is 30.6 Å². The lowest BCUT2D eigenvalue weighted by Crippen LogP contribution is -2.12. The Kier molecular flexibility index (Phi) is 3.61. The van der Waals surface area contributed by atoms with Gasteiger partial charge in [0.15, 0.2) is 0 Å². The summed E-state index contributed by atoms with van der Waals surface area (Å²) in [7, 11) is -4.01. The third kappa shape index (κ3) is 2.81. The van der Waals surface area contributed by atoms with Gasteiger partial charge in [-0.25, -0.2) is 22.2 Å². The van der Waals surface area contributed by atoms with Gasteiger partial charge in [0.2, 0.25) is 0 Å². The fourth-order valence-corrected chi connectivity index (χ4v) is 3.52. The van der Waals surface area contributed by atoms with Crippen LogP contribution in [-0.2, 0) is 10.0 Å². The molecule has 0 aliphatic carbocycles.